The number of carbonyl (C=O) groups is 4. The molecule has 1 aliphatic heterocycles. The number of hydrogen-bond donors (Lipinski definition) is 3. The zero-order valence-corrected chi connectivity index (χ0v) is 11.6. The molecule has 1 fully saturated rings. The second-order valence-corrected chi connectivity index (χ2v) is 5.00. The van der Waals surface area contributed by atoms with Gasteiger partial charge in [-0.1, -0.05) is 18.2 Å². The molecule has 1 heterocycles. The van der Waals surface area contributed by atoms with E-state index in [0.717, 1.165) is 0 Å². The number of hydrogen-bond acceptors (Lipinski definition) is 6. The van der Waals surface area contributed by atoms with Gasteiger partial charge in [0.1, 0.15) is 0 Å². The van der Waals surface area contributed by atoms with Gasteiger partial charge in [-0.3, -0.25) is 29.4 Å². The van der Waals surface area contributed by atoms with Gasteiger partial charge in [-0.25, -0.2) is 0 Å². The fraction of sp³-hybridized carbons (Fsp3) is 0.286. The molecule has 1 aromatic carbocycles. The van der Waals surface area contributed by atoms with Gasteiger partial charge < -0.3 is 10.2 Å². The quantitative estimate of drug-likeness (QED) is 0.362. The van der Waals surface area contributed by atoms with Crippen LogP contribution in [0.15, 0.2) is 24.3 Å². The lowest BCUT2D eigenvalue weighted by Gasteiger charge is -2.37. The predicted molar refractivity (Wildman–Crippen MR) is 72.1 cm³/mol. The molecule has 2 rings (SSSR count). The minimum atomic E-state index is -2.82. The molecule has 116 valence electrons. The minimum Gasteiger partial charge on any atom is -0.363 e. The van der Waals surface area contributed by atoms with E-state index in [4.69, 9.17) is 0 Å². The Morgan fingerprint density at radius 3 is 2.55 bits per heavy atom. The molecule has 1 unspecified atom stereocenters. The zero-order valence-electron chi connectivity index (χ0n) is 11.6. The Bertz CT molecular complexity index is 654. The van der Waals surface area contributed by atoms with E-state index in [0.29, 0.717) is 10.5 Å². The highest BCUT2D eigenvalue weighted by atomic mass is 16.5. The molecule has 0 bridgehead atoms. The van der Waals surface area contributed by atoms with Crippen LogP contribution in [0.1, 0.15) is 22.3 Å². The Morgan fingerprint density at radius 2 is 2.00 bits per heavy atom. The van der Waals surface area contributed by atoms with Gasteiger partial charge in [-0.15, -0.1) is 0 Å². The fourth-order valence-corrected chi connectivity index (χ4v) is 2.32. The number of amides is 4. The molecule has 3 N–H and O–H groups in total. The minimum absolute atomic E-state index is 0.0377. The molecular formula is C14H14N2O6. The number of nitrogens with zero attached hydrogens (tertiary/aromatic N) is 1. The van der Waals surface area contributed by atoms with E-state index in [1.165, 1.54) is 6.07 Å². The lowest BCUT2D eigenvalue weighted by molar-refractivity contribution is -0.212. The van der Waals surface area contributed by atoms with E-state index < -0.39 is 36.0 Å². The lowest BCUT2D eigenvalue weighted by atomic mass is 9.95. The summed E-state index contributed by atoms with van der Waals surface area (Å²) >= 11 is 0. The van der Waals surface area contributed by atoms with Crippen molar-refractivity contribution >= 4 is 24.1 Å². The molecular weight excluding hydrogens is 292 g/mol. The summed E-state index contributed by atoms with van der Waals surface area (Å²) < 4.78 is 0. The maximum atomic E-state index is 12.4. The van der Waals surface area contributed by atoms with E-state index in [1.807, 2.05) is 5.32 Å². The Morgan fingerprint density at radius 1 is 1.36 bits per heavy atom. The SMILES string of the molecule is Cc1ccccc1C(=O)N(C=O)C1C(=O)NC(=O)CC1(O)O. The van der Waals surface area contributed by atoms with Crippen molar-refractivity contribution in [1.29, 1.82) is 0 Å². The van der Waals surface area contributed by atoms with Crippen LogP contribution in [0.2, 0.25) is 0 Å². The summed E-state index contributed by atoms with van der Waals surface area (Å²) in [6.07, 6.45) is -0.787. The van der Waals surface area contributed by atoms with Gasteiger partial charge in [0.25, 0.3) is 11.8 Å². The van der Waals surface area contributed by atoms with E-state index >= 15 is 0 Å². The van der Waals surface area contributed by atoms with Crippen molar-refractivity contribution < 1.29 is 29.4 Å². The highest BCUT2D eigenvalue weighted by Crippen LogP contribution is 2.23. The van der Waals surface area contributed by atoms with Crippen molar-refractivity contribution in [2.75, 3.05) is 0 Å². The van der Waals surface area contributed by atoms with Crippen LogP contribution in [0, 0.1) is 6.92 Å². The lowest BCUT2D eigenvalue weighted by Crippen LogP contribution is -2.67. The number of nitrogens with one attached hydrogen (secondary N) is 1. The summed E-state index contributed by atoms with van der Waals surface area (Å²) in [6, 6.07) is 4.42. The molecule has 4 amide bonds. The molecule has 8 heteroatoms. The second kappa shape index (κ2) is 5.66. The molecule has 1 atom stereocenters. The highest BCUT2D eigenvalue weighted by Gasteiger charge is 2.51. The summed E-state index contributed by atoms with van der Waals surface area (Å²) in [5.41, 5.74) is 0.684. The van der Waals surface area contributed by atoms with Gasteiger partial charge in [0.05, 0.1) is 6.42 Å². The Hall–Kier alpha value is -2.58. The first kappa shape index (κ1) is 15.8. The van der Waals surface area contributed by atoms with Crippen LogP contribution in [0.3, 0.4) is 0 Å². The molecule has 1 aliphatic rings. The maximum Gasteiger partial charge on any atom is 0.261 e. The Kier molecular flexibility index (Phi) is 4.07. The van der Waals surface area contributed by atoms with Crippen molar-refractivity contribution in [3.05, 3.63) is 35.4 Å². The summed E-state index contributed by atoms with van der Waals surface area (Å²) in [7, 11) is 0. The molecule has 0 aliphatic carbocycles. The monoisotopic (exact) mass is 306 g/mol. The van der Waals surface area contributed by atoms with Gasteiger partial charge in [-0.05, 0) is 18.6 Å². The highest BCUT2D eigenvalue weighted by molar-refractivity contribution is 6.08. The molecule has 22 heavy (non-hydrogen) atoms. The third kappa shape index (κ3) is 2.74. The summed E-state index contributed by atoms with van der Waals surface area (Å²) in [6.45, 7) is 1.63. The zero-order chi connectivity index (χ0) is 16.5. The van der Waals surface area contributed by atoms with Crippen molar-refractivity contribution in [2.45, 2.75) is 25.2 Å². The number of imide groups is 2. The molecule has 0 aromatic heterocycles. The van der Waals surface area contributed by atoms with Crippen molar-refractivity contribution in [1.82, 2.24) is 10.2 Å². The van der Waals surface area contributed by atoms with E-state index in [9.17, 15) is 29.4 Å². The van der Waals surface area contributed by atoms with Crippen LogP contribution in [0.4, 0.5) is 0 Å². The van der Waals surface area contributed by atoms with Crippen LogP contribution < -0.4 is 5.32 Å². The number of carbonyl (C=O) groups excluding carboxylic acids is 4. The number of piperidine rings is 1. The van der Waals surface area contributed by atoms with Crippen LogP contribution >= 0.6 is 0 Å². The first-order valence-corrected chi connectivity index (χ1v) is 6.40. The number of benzene rings is 1. The smallest absolute Gasteiger partial charge is 0.261 e. The maximum absolute atomic E-state index is 12.4. The molecule has 0 spiro atoms. The molecule has 1 saturated heterocycles. The van der Waals surface area contributed by atoms with Crippen molar-refractivity contribution in [3.63, 3.8) is 0 Å². The molecule has 1 aromatic rings. The van der Waals surface area contributed by atoms with Crippen LogP contribution in [0.25, 0.3) is 0 Å². The average molecular weight is 306 g/mol. The van der Waals surface area contributed by atoms with E-state index in [2.05, 4.69) is 0 Å². The van der Waals surface area contributed by atoms with Gasteiger partial charge in [0.15, 0.2) is 6.04 Å². The van der Waals surface area contributed by atoms with Crippen LogP contribution in [-0.2, 0) is 14.4 Å². The topological polar surface area (TPSA) is 124 Å². The average Bonchev–Trinajstić information content (AvgIpc) is 2.41. The first-order chi connectivity index (χ1) is 10.3. The van der Waals surface area contributed by atoms with E-state index in [1.54, 1.807) is 25.1 Å². The first-order valence-electron chi connectivity index (χ1n) is 6.40. The molecule has 0 saturated carbocycles. The van der Waals surface area contributed by atoms with Crippen LogP contribution in [0.5, 0.6) is 0 Å². The summed E-state index contributed by atoms with van der Waals surface area (Å²) in [5.74, 6) is -5.72. The third-order valence-corrected chi connectivity index (χ3v) is 3.37. The van der Waals surface area contributed by atoms with Crippen LogP contribution in [-0.4, -0.2) is 51.1 Å². The molecule has 8 nitrogen and oxygen atoms in total. The summed E-state index contributed by atoms with van der Waals surface area (Å²) in [5, 5.41) is 21.6. The predicted octanol–water partition coefficient (Wildman–Crippen LogP) is -1.31. The number of aryl methyl sites for hydroxylation is 1. The van der Waals surface area contributed by atoms with Gasteiger partial charge in [0.2, 0.25) is 18.1 Å². The number of aliphatic hydroxyl groups is 2. The second-order valence-electron chi connectivity index (χ2n) is 5.00. The van der Waals surface area contributed by atoms with Crippen molar-refractivity contribution in [3.8, 4) is 0 Å². The Balaban J connectivity index is 2.41. The summed E-state index contributed by atoms with van der Waals surface area (Å²) in [4.78, 5) is 47.1. The normalized spacial score (nSPS) is 20.2. The van der Waals surface area contributed by atoms with E-state index in [-0.39, 0.29) is 12.0 Å². The number of rotatable bonds is 3. The third-order valence-electron chi connectivity index (χ3n) is 3.37. The van der Waals surface area contributed by atoms with Gasteiger partial charge in [0, 0.05) is 5.56 Å². The Labute approximate surface area is 125 Å². The van der Waals surface area contributed by atoms with Crippen molar-refractivity contribution in [2.24, 2.45) is 0 Å². The standard InChI is InChI=1S/C14H14N2O6/c1-8-4-2-3-5-9(8)13(20)16(7-17)11-12(19)15-10(18)6-14(11,21)22/h2-5,7,11,21-22H,6H2,1H3,(H,15,18,19). The van der Waals surface area contributed by atoms with Gasteiger partial charge in [-0.2, -0.15) is 0 Å². The molecule has 0 radical (unpaired) electrons. The van der Waals surface area contributed by atoms with Gasteiger partial charge >= 0.3 is 0 Å². The largest absolute Gasteiger partial charge is 0.363 e. The fourth-order valence-electron chi connectivity index (χ4n) is 2.32.